The zero-order valence-corrected chi connectivity index (χ0v) is 10.4. The van der Waals surface area contributed by atoms with Gasteiger partial charge in [-0.3, -0.25) is 9.78 Å². The van der Waals surface area contributed by atoms with Crippen molar-refractivity contribution in [1.29, 1.82) is 0 Å². The Hall–Kier alpha value is -2.07. The predicted octanol–water partition coefficient (Wildman–Crippen LogP) is 3.00. The van der Waals surface area contributed by atoms with E-state index in [1.807, 2.05) is 0 Å². The molecule has 5 heteroatoms. The summed E-state index contributed by atoms with van der Waals surface area (Å²) in [7, 11) is 0. The van der Waals surface area contributed by atoms with Gasteiger partial charge in [0.2, 0.25) is 0 Å². The van der Waals surface area contributed by atoms with Crippen LogP contribution in [0.1, 0.15) is 16.1 Å². The van der Waals surface area contributed by atoms with Gasteiger partial charge in [-0.05, 0) is 30.7 Å². The van der Waals surface area contributed by atoms with E-state index in [9.17, 15) is 9.90 Å². The number of aryl methyl sites for hydroxylation is 1. The summed E-state index contributed by atoms with van der Waals surface area (Å²) in [5.74, 6) is -0.243. The van der Waals surface area contributed by atoms with Crippen LogP contribution in [0, 0.1) is 6.92 Å². The molecule has 0 unspecified atom stereocenters. The second-order valence-electron chi connectivity index (χ2n) is 3.81. The van der Waals surface area contributed by atoms with Gasteiger partial charge in [0.1, 0.15) is 11.4 Å². The smallest absolute Gasteiger partial charge is 0.274 e. The van der Waals surface area contributed by atoms with Gasteiger partial charge >= 0.3 is 0 Å². The third-order valence-corrected chi connectivity index (χ3v) is 2.66. The molecule has 0 saturated carbocycles. The van der Waals surface area contributed by atoms with E-state index in [0.29, 0.717) is 10.7 Å². The number of aromatic hydroxyl groups is 1. The number of halogens is 1. The molecule has 0 bridgehead atoms. The number of hydrogen-bond acceptors (Lipinski definition) is 3. The summed E-state index contributed by atoms with van der Waals surface area (Å²) in [6, 6.07) is 7.98. The van der Waals surface area contributed by atoms with Gasteiger partial charge in [-0.1, -0.05) is 17.7 Å². The van der Waals surface area contributed by atoms with Gasteiger partial charge in [-0.15, -0.1) is 0 Å². The Labute approximate surface area is 109 Å². The lowest BCUT2D eigenvalue weighted by molar-refractivity contribution is 0.102. The first-order valence-corrected chi connectivity index (χ1v) is 5.66. The van der Waals surface area contributed by atoms with Crippen molar-refractivity contribution in [2.45, 2.75) is 6.92 Å². The number of carbonyl (C=O) groups is 1. The molecule has 0 aliphatic carbocycles. The van der Waals surface area contributed by atoms with Gasteiger partial charge in [0.25, 0.3) is 5.91 Å². The Balaban J connectivity index is 2.18. The van der Waals surface area contributed by atoms with E-state index in [1.54, 1.807) is 25.1 Å². The van der Waals surface area contributed by atoms with Crippen LogP contribution in [0.5, 0.6) is 5.75 Å². The van der Waals surface area contributed by atoms with Crippen LogP contribution < -0.4 is 5.32 Å². The Morgan fingerprint density at radius 1 is 1.33 bits per heavy atom. The van der Waals surface area contributed by atoms with Crippen molar-refractivity contribution in [3.8, 4) is 5.75 Å². The van der Waals surface area contributed by atoms with E-state index in [-0.39, 0.29) is 17.4 Å². The first-order valence-electron chi connectivity index (χ1n) is 5.29. The third kappa shape index (κ3) is 2.78. The normalized spacial score (nSPS) is 10.1. The monoisotopic (exact) mass is 262 g/mol. The number of anilines is 1. The predicted molar refractivity (Wildman–Crippen MR) is 70.0 cm³/mol. The van der Waals surface area contributed by atoms with E-state index in [1.165, 1.54) is 18.3 Å². The van der Waals surface area contributed by atoms with Gasteiger partial charge < -0.3 is 10.4 Å². The summed E-state index contributed by atoms with van der Waals surface area (Å²) < 4.78 is 0. The zero-order chi connectivity index (χ0) is 13.1. The molecule has 1 amide bonds. The minimum atomic E-state index is -0.374. The summed E-state index contributed by atoms with van der Waals surface area (Å²) in [5, 5.41) is 12.6. The Morgan fingerprint density at radius 2 is 2.11 bits per heavy atom. The van der Waals surface area contributed by atoms with E-state index in [0.717, 1.165) is 5.56 Å². The second kappa shape index (κ2) is 5.06. The van der Waals surface area contributed by atoms with Gasteiger partial charge in [0.15, 0.2) is 0 Å². The summed E-state index contributed by atoms with van der Waals surface area (Å²) in [6.45, 7) is 1.78. The number of carbonyl (C=O) groups excluding carboxylic acids is 1. The maximum absolute atomic E-state index is 11.8. The summed E-state index contributed by atoms with van der Waals surface area (Å²) in [5.41, 5.74) is 1.47. The summed E-state index contributed by atoms with van der Waals surface area (Å²) >= 11 is 5.78. The summed E-state index contributed by atoms with van der Waals surface area (Å²) in [4.78, 5) is 15.8. The number of pyridine rings is 1. The average molecular weight is 263 g/mol. The molecule has 0 radical (unpaired) electrons. The molecule has 1 aromatic carbocycles. The Kier molecular flexibility index (Phi) is 3.48. The minimum Gasteiger partial charge on any atom is -0.508 e. The molecule has 2 aromatic rings. The number of amides is 1. The fraction of sp³-hybridized carbons (Fsp3) is 0.0769. The number of phenolic OH excluding ortho intramolecular Hbond substituents is 1. The Morgan fingerprint density at radius 3 is 2.78 bits per heavy atom. The SMILES string of the molecule is Cc1ccc(NC(=O)c2cc(Cl)ccn2)cc1O. The molecule has 2 N–H and O–H groups in total. The number of benzene rings is 1. The molecule has 18 heavy (non-hydrogen) atoms. The highest BCUT2D eigenvalue weighted by Crippen LogP contribution is 2.21. The molecule has 0 saturated heterocycles. The highest BCUT2D eigenvalue weighted by atomic mass is 35.5. The van der Waals surface area contributed by atoms with Crippen molar-refractivity contribution in [1.82, 2.24) is 4.98 Å². The number of nitrogens with one attached hydrogen (secondary N) is 1. The summed E-state index contributed by atoms with van der Waals surface area (Å²) in [6.07, 6.45) is 1.46. The van der Waals surface area contributed by atoms with Crippen LogP contribution in [0.4, 0.5) is 5.69 Å². The molecule has 0 aliphatic heterocycles. The number of rotatable bonds is 2. The van der Waals surface area contributed by atoms with E-state index >= 15 is 0 Å². The molecule has 4 nitrogen and oxygen atoms in total. The molecule has 0 atom stereocenters. The van der Waals surface area contributed by atoms with Crippen LogP contribution in [0.25, 0.3) is 0 Å². The molecule has 2 rings (SSSR count). The van der Waals surface area contributed by atoms with Gasteiger partial charge in [-0.25, -0.2) is 0 Å². The average Bonchev–Trinajstić information content (AvgIpc) is 2.34. The third-order valence-electron chi connectivity index (χ3n) is 2.42. The van der Waals surface area contributed by atoms with Gasteiger partial charge in [0.05, 0.1) is 0 Å². The van der Waals surface area contributed by atoms with E-state index in [4.69, 9.17) is 11.6 Å². The van der Waals surface area contributed by atoms with E-state index in [2.05, 4.69) is 10.3 Å². The highest BCUT2D eigenvalue weighted by molar-refractivity contribution is 6.30. The van der Waals surface area contributed by atoms with Crippen molar-refractivity contribution >= 4 is 23.2 Å². The van der Waals surface area contributed by atoms with Crippen molar-refractivity contribution < 1.29 is 9.90 Å². The maximum Gasteiger partial charge on any atom is 0.274 e. The number of phenols is 1. The number of aromatic nitrogens is 1. The number of hydrogen-bond donors (Lipinski definition) is 2. The second-order valence-corrected chi connectivity index (χ2v) is 4.25. The van der Waals surface area contributed by atoms with Crippen LogP contribution in [0.15, 0.2) is 36.5 Å². The molecule has 92 valence electrons. The first-order chi connectivity index (χ1) is 8.56. The van der Waals surface area contributed by atoms with Crippen LogP contribution in [-0.2, 0) is 0 Å². The molecular weight excluding hydrogens is 252 g/mol. The lowest BCUT2D eigenvalue weighted by Gasteiger charge is -2.06. The fourth-order valence-corrected chi connectivity index (χ4v) is 1.57. The van der Waals surface area contributed by atoms with Crippen LogP contribution in [0.3, 0.4) is 0 Å². The van der Waals surface area contributed by atoms with Crippen molar-refractivity contribution in [3.05, 3.63) is 52.8 Å². The molecule has 0 aliphatic rings. The zero-order valence-electron chi connectivity index (χ0n) is 9.64. The van der Waals surface area contributed by atoms with E-state index < -0.39 is 0 Å². The first kappa shape index (κ1) is 12.4. The minimum absolute atomic E-state index is 0.131. The maximum atomic E-state index is 11.8. The highest BCUT2D eigenvalue weighted by Gasteiger charge is 2.08. The number of nitrogens with zero attached hydrogens (tertiary/aromatic N) is 1. The largest absolute Gasteiger partial charge is 0.508 e. The standard InChI is InChI=1S/C13H11ClN2O2/c1-8-2-3-10(7-12(8)17)16-13(18)11-6-9(14)4-5-15-11/h2-7,17H,1H3,(H,16,18). The quantitative estimate of drug-likeness (QED) is 0.875. The van der Waals surface area contributed by atoms with Crippen molar-refractivity contribution in [2.24, 2.45) is 0 Å². The molecule has 0 spiro atoms. The Bertz CT molecular complexity index is 599. The molecule has 1 aromatic heterocycles. The molecule has 1 heterocycles. The van der Waals surface area contributed by atoms with Gasteiger partial charge in [0, 0.05) is 23.0 Å². The van der Waals surface area contributed by atoms with Crippen molar-refractivity contribution in [3.63, 3.8) is 0 Å². The van der Waals surface area contributed by atoms with Crippen LogP contribution >= 0.6 is 11.6 Å². The lowest BCUT2D eigenvalue weighted by atomic mass is 10.2. The fourth-order valence-electron chi connectivity index (χ4n) is 1.41. The molecule has 0 fully saturated rings. The topological polar surface area (TPSA) is 62.2 Å². The lowest BCUT2D eigenvalue weighted by Crippen LogP contribution is -2.13. The van der Waals surface area contributed by atoms with Crippen LogP contribution in [0.2, 0.25) is 5.02 Å². The van der Waals surface area contributed by atoms with Crippen LogP contribution in [-0.4, -0.2) is 16.0 Å². The molecular formula is C13H11ClN2O2. The van der Waals surface area contributed by atoms with Gasteiger partial charge in [-0.2, -0.15) is 0 Å². The van der Waals surface area contributed by atoms with Crippen molar-refractivity contribution in [2.75, 3.05) is 5.32 Å².